The Kier molecular flexibility index (Phi) is 5.09. The number of hydrogen-bond donors (Lipinski definition) is 2. The van der Waals surface area contributed by atoms with Gasteiger partial charge in [0, 0.05) is 0 Å². The predicted molar refractivity (Wildman–Crippen MR) is 63.1 cm³/mol. The van der Waals surface area contributed by atoms with Crippen LogP contribution in [0.2, 0.25) is 0 Å². The van der Waals surface area contributed by atoms with Crippen LogP contribution in [0.4, 0.5) is 0 Å². The summed E-state index contributed by atoms with van der Waals surface area (Å²) in [5.74, 6) is -0.842. The number of quaternary nitrogens is 1. The highest BCUT2D eigenvalue weighted by Crippen LogP contribution is 2.19. The quantitative estimate of drug-likeness (QED) is 0.414. The predicted octanol–water partition coefficient (Wildman–Crippen LogP) is 1.22. The van der Waals surface area contributed by atoms with Crippen LogP contribution < -0.4 is 0 Å². The van der Waals surface area contributed by atoms with Gasteiger partial charge in [0.05, 0.1) is 27.6 Å². The molecule has 5 heteroatoms. The fourth-order valence-corrected chi connectivity index (χ4v) is 1.51. The number of likely N-dealkylation sites (N-methyl/N-ethyl adjacent to an activating group) is 1. The summed E-state index contributed by atoms with van der Waals surface area (Å²) in [5, 5.41) is 8.77. The van der Waals surface area contributed by atoms with Crippen LogP contribution in [0.5, 0.6) is 0 Å². The van der Waals surface area contributed by atoms with E-state index in [4.69, 9.17) is 9.84 Å². The molecule has 0 spiro atoms. The van der Waals surface area contributed by atoms with Crippen molar-refractivity contribution in [1.29, 1.82) is 0 Å². The molecule has 0 fully saturated rings. The van der Waals surface area contributed by atoms with Crippen molar-refractivity contribution in [3.05, 3.63) is 0 Å². The summed E-state index contributed by atoms with van der Waals surface area (Å²) in [4.78, 5) is 10.1. The Labute approximate surface area is 97.2 Å². The molecular weight excluding hydrogens is 214 g/mol. The molecule has 1 atom stereocenters. The molecule has 0 aromatic carbocycles. The number of carbonyl (C=O) groups is 1. The molecule has 0 bridgehead atoms. The molecule has 0 aliphatic carbocycles. The zero-order valence-corrected chi connectivity index (χ0v) is 11.0. The van der Waals surface area contributed by atoms with Gasteiger partial charge in [0.1, 0.15) is 17.6 Å². The lowest BCUT2D eigenvalue weighted by molar-refractivity contribution is -0.873. The molecule has 0 unspecified atom stereocenters. The first-order valence-corrected chi connectivity index (χ1v) is 5.37. The van der Waals surface area contributed by atoms with Crippen molar-refractivity contribution in [2.24, 2.45) is 0 Å². The first-order chi connectivity index (χ1) is 6.49. The van der Waals surface area contributed by atoms with Crippen molar-refractivity contribution in [1.82, 2.24) is 0 Å². The summed E-state index contributed by atoms with van der Waals surface area (Å²) in [6, 6.07) is 0. The van der Waals surface area contributed by atoms with E-state index in [-0.39, 0.29) is 12.5 Å². The molecule has 90 valence electrons. The zero-order valence-electron chi connectivity index (χ0n) is 10.1. The summed E-state index contributed by atoms with van der Waals surface area (Å²) in [5.41, 5.74) is 0. The summed E-state index contributed by atoms with van der Waals surface area (Å²) >= 11 is 4.24. The van der Waals surface area contributed by atoms with Crippen molar-refractivity contribution >= 4 is 18.6 Å². The number of rotatable bonds is 6. The summed E-state index contributed by atoms with van der Waals surface area (Å²) in [6.45, 7) is 4.26. The standard InChI is InChI=1S/C10H21NO3S/c1-10(2,15)14-8(6-9(12)13)7-11(3,4)5/h8H,6-7H2,1-5H3,(H-,12,13,15)/p+1/t8-/m0/s1. The van der Waals surface area contributed by atoms with Gasteiger partial charge in [-0.15, -0.1) is 12.6 Å². The third kappa shape index (κ3) is 10.0. The van der Waals surface area contributed by atoms with Crippen molar-refractivity contribution in [3.8, 4) is 0 Å². The topological polar surface area (TPSA) is 46.5 Å². The maximum Gasteiger partial charge on any atom is 0.306 e. The van der Waals surface area contributed by atoms with E-state index < -0.39 is 10.9 Å². The fourth-order valence-electron chi connectivity index (χ4n) is 1.36. The Bertz CT molecular complexity index is 202. The average Bonchev–Trinajstić information content (AvgIpc) is 1.73. The van der Waals surface area contributed by atoms with Crippen molar-refractivity contribution < 1.29 is 19.1 Å². The first-order valence-electron chi connectivity index (χ1n) is 4.92. The number of ether oxygens (including phenoxy) is 1. The number of thiol groups is 1. The van der Waals surface area contributed by atoms with Gasteiger partial charge in [-0.05, 0) is 13.8 Å². The van der Waals surface area contributed by atoms with Crippen LogP contribution in [0.1, 0.15) is 20.3 Å². The molecule has 4 nitrogen and oxygen atoms in total. The monoisotopic (exact) mass is 236 g/mol. The second kappa shape index (κ2) is 5.18. The molecule has 0 saturated heterocycles. The third-order valence-electron chi connectivity index (χ3n) is 1.61. The van der Waals surface area contributed by atoms with Gasteiger partial charge in [-0.2, -0.15) is 0 Å². The summed E-state index contributed by atoms with van der Waals surface area (Å²) < 4.78 is 6.26. The first kappa shape index (κ1) is 14.7. The maximum atomic E-state index is 10.7. The van der Waals surface area contributed by atoms with Gasteiger partial charge in [0.15, 0.2) is 0 Å². The second-order valence-corrected chi connectivity index (χ2v) is 6.33. The molecule has 0 amide bonds. The number of carboxylic acid groups (broad SMARTS) is 1. The van der Waals surface area contributed by atoms with Gasteiger partial charge in [0.2, 0.25) is 0 Å². The van der Waals surface area contributed by atoms with Crippen molar-refractivity contribution in [2.45, 2.75) is 31.3 Å². The highest BCUT2D eigenvalue weighted by atomic mass is 32.1. The zero-order chi connectivity index (χ0) is 12.3. The van der Waals surface area contributed by atoms with Gasteiger partial charge in [-0.1, -0.05) is 0 Å². The van der Waals surface area contributed by atoms with Crippen molar-refractivity contribution in [2.75, 3.05) is 27.7 Å². The van der Waals surface area contributed by atoms with Gasteiger partial charge >= 0.3 is 5.97 Å². The minimum Gasteiger partial charge on any atom is -0.481 e. The lowest BCUT2D eigenvalue weighted by atomic mass is 10.2. The van der Waals surface area contributed by atoms with Gasteiger partial charge in [-0.25, -0.2) is 0 Å². The molecule has 1 N–H and O–H groups in total. The van der Waals surface area contributed by atoms with Crippen LogP contribution >= 0.6 is 12.6 Å². The lowest BCUT2D eigenvalue weighted by Gasteiger charge is -2.32. The molecule has 0 aromatic heterocycles. The number of hydrogen-bond acceptors (Lipinski definition) is 3. The molecule has 0 radical (unpaired) electrons. The Morgan fingerprint density at radius 3 is 2.20 bits per heavy atom. The van der Waals surface area contributed by atoms with E-state index in [1.54, 1.807) is 13.8 Å². The maximum absolute atomic E-state index is 10.7. The normalized spacial score (nSPS) is 15.1. The van der Waals surface area contributed by atoms with Crippen LogP contribution in [0, 0.1) is 0 Å². The lowest BCUT2D eigenvalue weighted by Crippen LogP contribution is -2.45. The minimum atomic E-state index is -0.842. The summed E-state index contributed by atoms with van der Waals surface area (Å²) in [6.07, 6.45) is -0.297. The van der Waals surface area contributed by atoms with E-state index in [0.29, 0.717) is 11.0 Å². The Morgan fingerprint density at radius 1 is 1.47 bits per heavy atom. The molecule has 15 heavy (non-hydrogen) atoms. The van der Waals surface area contributed by atoms with Crippen LogP contribution in [0.3, 0.4) is 0 Å². The molecule has 0 heterocycles. The van der Waals surface area contributed by atoms with Gasteiger partial charge < -0.3 is 14.3 Å². The Morgan fingerprint density at radius 2 is 1.93 bits per heavy atom. The van der Waals surface area contributed by atoms with E-state index in [9.17, 15) is 4.79 Å². The van der Waals surface area contributed by atoms with E-state index >= 15 is 0 Å². The summed E-state index contributed by atoms with van der Waals surface area (Å²) in [7, 11) is 6.01. The third-order valence-corrected chi connectivity index (χ3v) is 1.71. The van der Waals surface area contributed by atoms with Crippen LogP contribution in [0.15, 0.2) is 0 Å². The molecule has 0 aliphatic rings. The highest BCUT2D eigenvalue weighted by molar-refractivity contribution is 7.81. The molecule has 0 saturated carbocycles. The SMILES string of the molecule is CC(C)(S)O[C@@H](CC(=O)O)C[N+](C)(C)C. The number of nitrogens with zero attached hydrogens (tertiary/aromatic N) is 1. The fraction of sp³-hybridized carbons (Fsp3) is 0.900. The second-order valence-electron chi connectivity index (χ2n) is 5.26. The van der Waals surface area contributed by atoms with Crippen LogP contribution in [-0.4, -0.2) is 54.3 Å². The smallest absolute Gasteiger partial charge is 0.306 e. The molecule has 0 rings (SSSR count). The highest BCUT2D eigenvalue weighted by Gasteiger charge is 2.26. The van der Waals surface area contributed by atoms with E-state index in [0.717, 1.165) is 0 Å². The van der Waals surface area contributed by atoms with Gasteiger partial charge in [-0.3, -0.25) is 4.79 Å². The van der Waals surface area contributed by atoms with E-state index in [1.165, 1.54) is 0 Å². The molecule has 0 aromatic rings. The Balaban J connectivity index is 4.39. The van der Waals surface area contributed by atoms with E-state index in [1.807, 2.05) is 21.1 Å². The van der Waals surface area contributed by atoms with Crippen LogP contribution in [0.25, 0.3) is 0 Å². The minimum absolute atomic E-state index is 0.0134. The van der Waals surface area contributed by atoms with Gasteiger partial charge in [0.25, 0.3) is 0 Å². The molecular formula is C10H22NO3S+. The van der Waals surface area contributed by atoms with Crippen LogP contribution in [-0.2, 0) is 9.53 Å². The molecule has 0 aliphatic heterocycles. The number of carboxylic acids is 1. The Hall–Kier alpha value is -0.260. The average molecular weight is 236 g/mol. The van der Waals surface area contributed by atoms with E-state index in [2.05, 4.69) is 12.6 Å². The van der Waals surface area contributed by atoms with Crippen molar-refractivity contribution in [3.63, 3.8) is 0 Å². The largest absolute Gasteiger partial charge is 0.481 e. The number of aliphatic carboxylic acids is 1.